The lowest BCUT2D eigenvalue weighted by Gasteiger charge is -2.14. The zero-order valence-electron chi connectivity index (χ0n) is 11.0. The molecule has 2 rings (SSSR count). The fourth-order valence-electron chi connectivity index (χ4n) is 1.45. The van der Waals surface area contributed by atoms with Crippen molar-refractivity contribution in [2.24, 2.45) is 0 Å². The molecule has 1 amide bonds. The highest BCUT2D eigenvalue weighted by Gasteiger charge is 2.17. The third-order valence-electron chi connectivity index (χ3n) is 2.59. The molecule has 0 saturated heterocycles. The molecule has 0 fully saturated rings. The summed E-state index contributed by atoms with van der Waals surface area (Å²) >= 11 is 0. The van der Waals surface area contributed by atoms with Crippen molar-refractivity contribution < 1.29 is 9.21 Å². The molecule has 0 aliphatic heterocycles. The number of carbonyl (C=O) groups is 1. The van der Waals surface area contributed by atoms with Crippen LogP contribution in [-0.4, -0.2) is 16.1 Å². The van der Waals surface area contributed by atoms with Gasteiger partial charge in [-0.15, -0.1) is 0 Å². The SMILES string of the molecule is CC(C)(C)c1cc(NC(=O)c2ccc(=O)oc2)n[nH]1. The lowest BCUT2D eigenvalue weighted by atomic mass is 9.92. The molecule has 0 spiro atoms. The van der Waals surface area contributed by atoms with Crippen LogP contribution in [0.2, 0.25) is 0 Å². The van der Waals surface area contributed by atoms with Gasteiger partial charge in [0.05, 0.1) is 5.56 Å². The minimum atomic E-state index is -0.494. The maximum atomic E-state index is 11.9. The van der Waals surface area contributed by atoms with Gasteiger partial charge in [-0.05, 0) is 6.07 Å². The standard InChI is InChI=1S/C13H15N3O3/c1-13(2,3)9-6-10(16-15-9)14-12(18)8-4-5-11(17)19-7-8/h4-7H,1-3H3,(H2,14,15,16,18). The van der Waals surface area contributed by atoms with Crippen LogP contribution in [0.1, 0.15) is 36.8 Å². The summed E-state index contributed by atoms with van der Waals surface area (Å²) < 4.78 is 4.63. The first-order chi connectivity index (χ1) is 8.86. The van der Waals surface area contributed by atoms with Gasteiger partial charge in [0.1, 0.15) is 6.26 Å². The largest absolute Gasteiger partial charge is 0.430 e. The van der Waals surface area contributed by atoms with Gasteiger partial charge in [-0.1, -0.05) is 20.8 Å². The van der Waals surface area contributed by atoms with Gasteiger partial charge in [-0.2, -0.15) is 5.10 Å². The second-order valence-electron chi connectivity index (χ2n) is 5.21. The van der Waals surface area contributed by atoms with Gasteiger partial charge in [0.2, 0.25) is 0 Å². The van der Waals surface area contributed by atoms with E-state index in [4.69, 9.17) is 0 Å². The summed E-state index contributed by atoms with van der Waals surface area (Å²) in [7, 11) is 0. The zero-order chi connectivity index (χ0) is 14.0. The Labute approximate surface area is 109 Å². The Balaban J connectivity index is 2.13. The number of aromatic amines is 1. The molecular weight excluding hydrogens is 246 g/mol. The van der Waals surface area contributed by atoms with Crippen molar-refractivity contribution in [2.45, 2.75) is 26.2 Å². The first-order valence-corrected chi connectivity index (χ1v) is 5.82. The lowest BCUT2D eigenvalue weighted by Crippen LogP contribution is -2.13. The molecule has 0 aliphatic rings. The number of carbonyl (C=O) groups excluding carboxylic acids is 1. The van der Waals surface area contributed by atoms with Crippen LogP contribution in [0, 0.1) is 0 Å². The van der Waals surface area contributed by atoms with Gasteiger partial charge in [-0.25, -0.2) is 4.79 Å². The topological polar surface area (TPSA) is 88.0 Å². The number of aromatic nitrogens is 2. The van der Waals surface area contributed by atoms with E-state index in [1.54, 1.807) is 6.07 Å². The molecule has 0 unspecified atom stereocenters. The maximum Gasteiger partial charge on any atom is 0.335 e. The summed E-state index contributed by atoms with van der Waals surface area (Å²) in [5, 5.41) is 9.52. The predicted molar refractivity (Wildman–Crippen MR) is 70.2 cm³/mol. The first kappa shape index (κ1) is 13.1. The molecular formula is C13H15N3O3. The molecule has 0 atom stereocenters. The van der Waals surface area contributed by atoms with Crippen molar-refractivity contribution in [3.05, 3.63) is 46.1 Å². The summed E-state index contributed by atoms with van der Waals surface area (Å²) in [6.07, 6.45) is 1.12. The molecule has 0 aromatic carbocycles. The third-order valence-corrected chi connectivity index (χ3v) is 2.59. The van der Waals surface area contributed by atoms with Crippen molar-refractivity contribution in [1.29, 1.82) is 0 Å². The second kappa shape index (κ2) is 4.72. The van der Waals surface area contributed by atoms with Crippen LogP contribution in [0.15, 0.2) is 33.7 Å². The average molecular weight is 261 g/mol. The number of hydrogen-bond donors (Lipinski definition) is 2. The van der Waals surface area contributed by atoms with Gasteiger partial charge in [0.25, 0.3) is 5.91 Å². The normalized spacial score (nSPS) is 11.3. The van der Waals surface area contributed by atoms with E-state index in [9.17, 15) is 9.59 Å². The Hall–Kier alpha value is -2.37. The Bertz CT molecular complexity index is 629. The Morgan fingerprint density at radius 2 is 2.11 bits per heavy atom. The number of hydrogen-bond acceptors (Lipinski definition) is 4. The van der Waals surface area contributed by atoms with E-state index in [0.717, 1.165) is 12.0 Å². The van der Waals surface area contributed by atoms with E-state index in [2.05, 4.69) is 19.9 Å². The van der Waals surface area contributed by atoms with E-state index in [-0.39, 0.29) is 16.9 Å². The van der Waals surface area contributed by atoms with E-state index < -0.39 is 5.63 Å². The smallest absolute Gasteiger partial charge is 0.335 e. The number of rotatable bonds is 2. The fraction of sp³-hybridized carbons (Fsp3) is 0.308. The van der Waals surface area contributed by atoms with Crippen molar-refractivity contribution >= 4 is 11.7 Å². The quantitative estimate of drug-likeness (QED) is 0.864. The number of amides is 1. The molecule has 100 valence electrons. The van der Waals surface area contributed by atoms with Gasteiger partial charge in [-0.3, -0.25) is 9.89 Å². The summed E-state index contributed by atoms with van der Waals surface area (Å²) in [6, 6.07) is 4.37. The molecule has 6 heteroatoms. The van der Waals surface area contributed by atoms with Crippen LogP contribution in [0.4, 0.5) is 5.82 Å². The molecule has 19 heavy (non-hydrogen) atoms. The summed E-state index contributed by atoms with van der Waals surface area (Å²) in [4.78, 5) is 22.7. The van der Waals surface area contributed by atoms with Gasteiger partial charge in [0.15, 0.2) is 5.82 Å². The first-order valence-electron chi connectivity index (χ1n) is 5.82. The van der Waals surface area contributed by atoms with Gasteiger partial charge in [0, 0.05) is 23.2 Å². The fourth-order valence-corrected chi connectivity index (χ4v) is 1.45. The maximum absolute atomic E-state index is 11.9. The van der Waals surface area contributed by atoms with Gasteiger partial charge >= 0.3 is 5.63 Å². The van der Waals surface area contributed by atoms with Crippen LogP contribution in [0.5, 0.6) is 0 Å². The minimum absolute atomic E-state index is 0.0739. The Kier molecular flexibility index (Phi) is 3.25. The third kappa shape index (κ3) is 3.09. The minimum Gasteiger partial charge on any atom is -0.430 e. The second-order valence-corrected chi connectivity index (χ2v) is 5.21. The van der Waals surface area contributed by atoms with E-state index in [1.807, 2.05) is 20.8 Å². The average Bonchev–Trinajstić information content (AvgIpc) is 2.78. The van der Waals surface area contributed by atoms with Crippen LogP contribution in [0.3, 0.4) is 0 Å². The van der Waals surface area contributed by atoms with Crippen LogP contribution < -0.4 is 10.9 Å². The zero-order valence-corrected chi connectivity index (χ0v) is 11.0. The Morgan fingerprint density at radius 1 is 1.37 bits per heavy atom. The van der Waals surface area contributed by atoms with Crippen LogP contribution in [0.25, 0.3) is 0 Å². The molecule has 0 bridgehead atoms. The Morgan fingerprint density at radius 3 is 2.63 bits per heavy atom. The van der Waals surface area contributed by atoms with Crippen molar-refractivity contribution in [1.82, 2.24) is 10.2 Å². The molecule has 2 heterocycles. The van der Waals surface area contributed by atoms with Crippen molar-refractivity contribution in [2.75, 3.05) is 5.32 Å². The van der Waals surface area contributed by atoms with E-state index in [0.29, 0.717) is 5.82 Å². The van der Waals surface area contributed by atoms with Crippen LogP contribution in [-0.2, 0) is 5.41 Å². The molecule has 0 saturated carbocycles. The number of nitrogens with zero attached hydrogens (tertiary/aromatic N) is 1. The van der Waals surface area contributed by atoms with Crippen LogP contribution >= 0.6 is 0 Å². The van der Waals surface area contributed by atoms with Crippen molar-refractivity contribution in [3.8, 4) is 0 Å². The molecule has 2 aromatic rings. The molecule has 2 N–H and O–H groups in total. The summed E-state index contributed by atoms with van der Waals surface area (Å²) in [5.41, 5.74) is 0.615. The predicted octanol–water partition coefficient (Wildman–Crippen LogP) is 1.91. The highest BCUT2D eigenvalue weighted by atomic mass is 16.4. The van der Waals surface area contributed by atoms with E-state index in [1.165, 1.54) is 12.1 Å². The molecule has 2 aromatic heterocycles. The summed E-state index contributed by atoms with van der Waals surface area (Å²) in [6.45, 7) is 6.12. The highest BCUT2D eigenvalue weighted by Crippen LogP contribution is 2.22. The highest BCUT2D eigenvalue weighted by molar-refractivity contribution is 6.03. The molecule has 6 nitrogen and oxygen atoms in total. The number of H-pyrrole nitrogens is 1. The molecule has 0 aliphatic carbocycles. The monoisotopic (exact) mass is 261 g/mol. The van der Waals surface area contributed by atoms with Gasteiger partial charge < -0.3 is 9.73 Å². The summed E-state index contributed by atoms with van der Waals surface area (Å²) in [5.74, 6) is 0.0526. The molecule has 0 radical (unpaired) electrons. The van der Waals surface area contributed by atoms with E-state index >= 15 is 0 Å². The van der Waals surface area contributed by atoms with Crippen molar-refractivity contribution in [3.63, 3.8) is 0 Å². The lowest BCUT2D eigenvalue weighted by molar-refractivity contribution is 0.102. The number of nitrogens with one attached hydrogen (secondary N) is 2. The number of anilines is 1.